The molecule has 31 heavy (non-hydrogen) atoms. The van der Waals surface area contributed by atoms with Crippen molar-refractivity contribution < 1.29 is 221 Å². The van der Waals surface area contributed by atoms with Crippen LogP contribution in [0.3, 0.4) is 0 Å². The summed E-state index contributed by atoms with van der Waals surface area (Å²) < 4.78 is 0. The van der Waals surface area contributed by atoms with Gasteiger partial charge < -0.3 is 98.6 Å². The van der Waals surface area contributed by atoms with Gasteiger partial charge in [0.05, 0.1) is 0 Å². The Kier molecular flexibility index (Phi) is 373. The fraction of sp³-hybridized carbons (Fsp3) is 0. The Labute approximate surface area is 356 Å². The number of hydrogen-bond donors (Lipinski definition) is 0. The average molecular weight is 948 g/mol. The first kappa shape index (κ1) is 112. The molecule has 15 nitrogen and oxygen atoms in total. The second-order valence-corrected chi connectivity index (χ2v) is 1.25. The molecule has 26 heteroatoms. The summed E-state index contributed by atoms with van der Waals surface area (Å²) in [7, 11) is 0. The van der Waals surface area contributed by atoms with Crippen LogP contribution in [0.4, 0.5) is 24.0 Å². The Balaban J connectivity index is -0.00000000595. The van der Waals surface area contributed by atoms with Gasteiger partial charge in [-0.05, 0) is 30.8 Å². The van der Waals surface area contributed by atoms with Crippen molar-refractivity contribution in [1.29, 1.82) is 0 Å². The van der Waals surface area contributed by atoms with Crippen LogP contribution in [0.1, 0.15) is 0 Å². The molecule has 0 aliphatic heterocycles. The Bertz CT molecular complexity index is 247. The van der Waals surface area contributed by atoms with Crippen LogP contribution in [-0.4, -0.2) is 144 Å². The van der Waals surface area contributed by atoms with E-state index in [1.165, 1.54) is 0 Å². The van der Waals surface area contributed by atoms with Gasteiger partial charge in [-0.15, -0.1) is 0 Å². The molecule has 0 spiro atoms. The van der Waals surface area contributed by atoms with Crippen molar-refractivity contribution in [2.45, 2.75) is 0 Å². The van der Waals surface area contributed by atoms with Crippen molar-refractivity contribution in [1.82, 2.24) is 0 Å². The standard InChI is InChI=1S/5CH2O3.3Ca.5FH.3Nd/c5*2-1(3)4;;;;;;;;;;;/h5*(H2,2,3,4);;;;5*1H;;;/q;;;;;3*+2;;;;;;3*+3/p-15. The summed E-state index contributed by atoms with van der Waals surface area (Å²) in [6, 6.07) is 0. The molecule has 0 N–H and O–H groups in total. The van der Waals surface area contributed by atoms with Crippen molar-refractivity contribution >= 4 is 144 Å². The summed E-state index contributed by atoms with van der Waals surface area (Å²) in [6.45, 7) is 0. The zero-order valence-corrected chi connectivity index (χ0v) is 30.4. The topological polar surface area (TPSA) is 316 Å². The molecule has 0 saturated carbocycles. The third-order valence-corrected chi connectivity index (χ3v) is 0. The van der Waals surface area contributed by atoms with E-state index in [1.54, 1.807) is 0 Å². The van der Waals surface area contributed by atoms with Gasteiger partial charge in [0.2, 0.25) is 0 Å². The molecule has 0 amide bonds. The first-order valence-electron chi connectivity index (χ1n) is 3.06. The van der Waals surface area contributed by atoms with E-state index in [0.717, 1.165) is 0 Å². The smallest absolute Gasteiger partial charge is 1.00 e. The normalized spacial score (nSPS) is 3.87. The Morgan fingerprint density at radius 3 is 0.290 bits per heavy atom. The number of carbonyl (C=O) groups excluding carboxylic acids is 5. The number of carbonyl (C=O) groups is 5. The molecular formula is C5Ca3F5Nd3O15. The summed E-state index contributed by atoms with van der Waals surface area (Å²) in [4.78, 5) is 41.7. The minimum Gasteiger partial charge on any atom is -1.00 e. The molecule has 0 aromatic carbocycles. The molecule has 0 saturated heterocycles. The van der Waals surface area contributed by atoms with Crippen LogP contribution in [0.25, 0.3) is 0 Å². The zero-order valence-electron chi connectivity index (χ0n) is 14.1. The largest absolute Gasteiger partial charge is 3.00 e. The van der Waals surface area contributed by atoms with Crippen LogP contribution >= 0.6 is 0 Å². The van der Waals surface area contributed by atoms with Crippen LogP contribution in [0, 0.1) is 123 Å². The van der Waals surface area contributed by atoms with Crippen molar-refractivity contribution in [3.8, 4) is 0 Å². The second kappa shape index (κ2) is 103. The molecule has 0 rings (SSSR count). The maximum absolute atomic E-state index is 8.33. The van der Waals surface area contributed by atoms with E-state index < -0.39 is 30.8 Å². The molecule has 0 aromatic heterocycles. The van der Waals surface area contributed by atoms with Crippen LogP contribution < -0.4 is 74.6 Å². The number of halogens is 5. The van der Waals surface area contributed by atoms with E-state index in [-0.39, 0.29) is 259 Å². The predicted octanol–water partition coefficient (Wildman–Crippen LogP) is -28.4. The number of carboxylic acid groups (broad SMARTS) is 10. The van der Waals surface area contributed by atoms with Gasteiger partial charge in [-0.3, -0.25) is 0 Å². The van der Waals surface area contributed by atoms with Gasteiger partial charge >= 0.3 is 236 Å². The maximum atomic E-state index is 8.33. The Morgan fingerprint density at radius 1 is 0.290 bits per heavy atom. The van der Waals surface area contributed by atoms with Crippen LogP contribution in [-0.2, 0) is 0 Å². The van der Waals surface area contributed by atoms with Gasteiger partial charge in [0.25, 0.3) is 0 Å². The molecule has 0 aromatic rings. The Morgan fingerprint density at radius 2 is 0.290 bits per heavy atom. The maximum Gasteiger partial charge on any atom is 3.00 e. The molecule has 0 heterocycles. The minimum absolute atomic E-state index is 0. The van der Waals surface area contributed by atoms with Crippen molar-refractivity contribution in [3.63, 3.8) is 0 Å². The molecule has 163 valence electrons. The van der Waals surface area contributed by atoms with Crippen molar-refractivity contribution in [3.05, 3.63) is 0 Å². The van der Waals surface area contributed by atoms with E-state index >= 15 is 0 Å². The van der Waals surface area contributed by atoms with E-state index in [2.05, 4.69) is 0 Å². The SMILES string of the molecule is O=C([O-])[O-].O=C([O-])[O-].O=C([O-])[O-].O=C([O-])[O-].O=C([O-])[O-].[Ca+2].[Ca+2].[Ca+2].[F-].[F-].[F-].[F-].[F-].[Nd+3].[Nd+3].[Nd+3]. The molecule has 0 fully saturated rings. The van der Waals surface area contributed by atoms with Crippen LogP contribution in [0.5, 0.6) is 0 Å². The summed E-state index contributed by atoms with van der Waals surface area (Å²) in [5, 5.41) is 83.3. The van der Waals surface area contributed by atoms with E-state index in [1.807, 2.05) is 0 Å². The third kappa shape index (κ3) is 2340. The van der Waals surface area contributed by atoms with E-state index in [9.17, 15) is 0 Å². The third-order valence-electron chi connectivity index (χ3n) is 0. The molecule has 0 bridgehead atoms. The molecule has 0 aliphatic carbocycles. The monoisotopic (exact) mass is 941 g/mol. The quantitative estimate of drug-likeness (QED) is 0.161. The van der Waals surface area contributed by atoms with Gasteiger partial charge in [-0.2, -0.15) is 0 Å². The molecule has 3 radical (unpaired) electrons. The van der Waals surface area contributed by atoms with Gasteiger partial charge in [0.15, 0.2) is 0 Å². The van der Waals surface area contributed by atoms with Crippen molar-refractivity contribution in [2.75, 3.05) is 0 Å². The number of hydrogen-bond acceptors (Lipinski definition) is 15. The summed E-state index contributed by atoms with van der Waals surface area (Å²) in [6.07, 6.45) is -11.7. The van der Waals surface area contributed by atoms with Gasteiger partial charge in [-0.25, -0.2) is 0 Å². The first-order chi connectivity index (χ1) is 8.66. The van der Waals surface area contributed by atoms with Crippen molar-refractivity contribution in [2.24, 2.45) is 0 Å². The van der Waals surface area contributed by atoms with Crippen LogP contribution in [0.2, 0.25) is 0 Å². The van der Waals surface area contributed by atoms with Gasteiger partial charge in [0.1, 0.15) is 0 Å². The predicted molar refractivity (Wildman–Crippen MR) is 44.2 cm³/mol. The zero-order chi connectivity index (χ0) is 17.9. The number of rotatable bonds is 0. The summed E-state index contributed by atoms with van der Waals surface area (Å²) in [5.41, 5.74) is 0. The molecule has 0 atom stereocenters. The van der Waals surface area contributed by atoms with Gasteiger partial charge in [0, 0.05) is 0 Å². The van der Waals surface area contributed by atoms with Gasteiger partial charge in [-0.1, -0.05) is 0 Å². The van der Waals surface area contributed by atoms with E-state index in [4.69, 9.17) is 75.0 Å². The first-order valence-corrected chi connectivity index (χ1v) is 3.06. The van der Waals surface area contributed by atoms with Crippen LogP contribution in [0.15, 0.2) is 0 Å². The molecule has 0 unspecified atom stereocenters. The fourth-order valence-corrected chi connectivity index (χ4v) is 0. The molecular weight excluding hydrogens is 948 g/mol. The van der Waals surface area contributed by atoms with E-state index in [0.29, 0.717) is 0 Å². The Hall–Kier alpha value is 3.83. The average Bonchev–Trinajstić information content (AvgIpc) is 1.94. The summed E-state index contributed by atoms with van der Waals surface area (Å²) >= 11 is 0. The fourth-order valence-electron chi connectivity index (χ4n) is 0. The summed E-state index contributed by atoms with van der Waals surface area (Å²) in [5.74, 6) is 0. The second-order valence-electron chi connectivity index (χ2n) is 1.25. The molecule has 0 aliphatic rings. The minimum atomic E-state index is -2.33.